The highest BCUT2D eigenvalue weighted by atomic mass is 16.6. The van der Waals surface area contributed by atoms with E-state index in [1.807, 2.05) is 0 Å². The Bertz CT molecular complexity index is 506. The molecule has 0 saturated carbocycles. The van der Waals surface area contributed by atoms with Gasteiger partial charge in [0.25, 0.3) is 0 Å². The quantitative estimate of drug-likeness (QED) is 0.766. The molecule has 2 nitrogen and oxygen atoms in total. The van der Waals surface area contributed by atoms with E-state index >= 15 is 0 Å². The minimum absolute atomic E-state index is 0.218. The summed E-state index contributed by atoms with van der Waals surface area (Å²) in [5.41, 5.74) is 3.35. The van der Waals surface area contributed by atoms with Gasteiger partial charge in [0.15, 0.2) is 0 Å². The summed E-state index contributed by atoms with van der Waals surface area (Å²) in [4.78, 5) is 2.72. The molecule has 0 unspecified atom stereocenters. The van der Waals surface area contributed by atoms with Crippen molar-refractivity contribution in [2.75, 3.05) is 19.7 Å². The van der Waals surface area contributed by atoms with Gasteiger partial charge in [-0.25, -0.2) is 0 Å². The van der Waals surface area contributed by atoms with Gasteiger partial charge in [0.2, 0.25) is 0 Å². The van der Waals surface area contributed by atoms with E-state index in [2.05, 4.69) is 43.0 Å². The predicted octanol–water partition coefficient (Wildman–Crippen LogP) is 3.42. The van der Waals surface area contributed by atoms with Crippen LogP contribution in [0.3, 0.4) is 0 Å². The van der Waals surface area contributed by atoms with E-state index in [-0.39, 0.29) is 5.60 Å². The lowest BCUT2D eigenvalue weighted by Crippen LogP contribution is -2.50. The van der Waals surface area contributed by atoms with E-state index in [1.165, 1.54) is 32.4 Å². The maximum absolute atomic E-state index is 5.99. The normalized spacial score (nSPS) is 36.0. The van der Waals surface area contributed by atoms with Gasteiger partial charge in [0, 0.05) is 25.0 Å². The number of nitrogens with zero attached hydrogens (tertiary/aromatic N) is 1. The van der Waals surface area contributed by atoms with Gasteiger partial charge >= 0.3 is 0 Å². The second kappa shape index (κ2) is 4.57. The van der Waals surface area contributed by atoms with Crippen molar-refractivity contribution in [3.05, 3.63) is 35.4 Å². The summed E-state index contributed by atoms with van der Waals surface area (Å²) in [6, 6.07) is 9.63. The molecule has 1 spiro atoms. The van der Waals surface area contributed by atoms with Gasteiger partial charge in [0.1, 0.15) is 0 Å². The third-order valence-corrected chi connectivity index (χ3v) is 5.53. The largest absolute Gasteiger partial charge is 0.369 e. The van der Waals surface area contributed by atoms with Crippen LogP contribution >= 0.6 is 0 Å². The predicted molar refractivity (Wildman–Crippen MR) is 80.7 cm³/mol. The molecule has 3 aliphatic rings. The van der Waals surface area contributed by atoms with Crippen molar-refractivity contribution in [3.8, 4) is 0 Å². The van der Waals surface area contributed by atoms with Crippen LogP contribution in [0.5, 0.6) is 0 Å². The van der Waals surface area contributed by atoms with E-state index in [1.54, 1.807) is 11.1 Å². The SMILES string of the molecule is CC(C)C[C@@H]1CN2CCc3ccccc3[C@H]2C[C@]12CO2. The molecule has 2 fully saturated rings. The third-order valence-electron chi connectivity index (χ3n) is 5.53. The number of piperidine rings is 1. The summed E-state index contributed by atoms with van der Waals surface area (Å²) in [6.07, 6.45) is 3.74. The van der Waals surface area contributed by atoms with Crippen molar-refractivity contribution in [2.24, 2.45) is 11.8 Å². The van der Waals surface area contributed by atoms with Crippen LogP contribution in [0.15, 0.2) is 24.3 Å². The molecular formula is C18H25NO. The van der Waals surface area contributed by atoms with Gasteiger partial charge < -0.3 is 4.74 Å². The van der Waals surface area contributed by atoms with Crippen LogP contribution in [0, 0.1) is 11.8 Å². The van der Waals surface area contributed by atoms with Gasteiger partial charge in [0.05, 0.1) is 12.2 Å². The van der Waals surface area contributed by atoms with Crippen LogP contribution in [-0.2, 0) is 11.2 Å². The number of epoxide rings is 1. The fraction of sp³-hybridized carbons (Fsp3) is 0.667. The molecule has 0 aliphatic carbocycles. The maximum Gasteiger partial charge on any atom is 0.0974 e. The lowest BCUT2D eigenvalue weighted by Gasteiger charge is -2.46. The average molecular weight is 271 g/mol. The summed E-state index contributed by atoms with van der Waals surface area (Å²) >= 11 is 0. The van der Waals surface area contributed by atoms with Gasteiger partial charge in [-0.2, -0.15) is 0 Å². The highest BCUT2D eigenvalue weighted by molar-refractivity contribution is 5.34. The summed E-state index contributed by atoms with van der Waals surface area (Å²) in [5, 5.41) is 0. The molecule has 0 N–H and O–H groups in total. The zero-order valence-corrected chi connectivity index (χ0v) is 12.6. The van der Waals surface area contributed by atoms with Crippen LogP contribution in [0.1, 0.15) is 43.9 Å². The fourth-order valence-electron chi connectivity index (χ4n) is 4.41. The highest BCUT2D eigenvalue weighted by Gasteiger charge is 2.57. The molecule has 2 saturated heterocycles. The summed E-state index contributed by atoms with van der Waals surface area (Å²) in [6.45, 7) is 8.14. The van der Waals surface area contributed by atoms with Crippen LogP contribution in [-0.4, -0.2) is 30.2 Å². The van der Waals surface area contributed by atoms with E-state index in [4.69, 9.17) is 4.74 Å². The Hall–Kier alpha value is -0.860. The van der Waals surface area contributed by atoms with Crippen molar-refractivity contribution in [1.82, 2.24) is 4.90 Å². The van der Waals surface area contributed by atoms with Gasteiger partial charge in [-0.1, -0.05) is 38.1 Å². The number of ether oxygens (including phenoxy) is 1. The zero-order chi connectivity index (χ0) is 13.7. The fourth-order valence-corrected chi connectivity index (χ4v) is 4.41. The number of rotatable bonds is 2. The molecule has 0 amide bonds. The molecule has 4 rings (SSSR count). The van der Waals surface area contributed by atoms with Gasteiger partial charge in [-0.15, -0.1) is 0 Å². The summed E-state index contributed by atoms with van der Waals surface area (Å²) in [5.74, 6) is 1.51. The maximum atomic E-state index is 5.99. The molecule has 20 heavy (non-hydrogen) atoms. The van der Waals surface area contributed by atoms with Crippen molar-refractivity contribution < 1.29 is 4.74 Å². The van der Waals surface area contributed by atoms with E-state index < -0.39 is 0 Å². The lowest BCUT2D eigenvalue weighted by atomic mass is 9.74. The summed E-state index contributed by atoms with van der Waals surface area (Å²) in [7, 11) is 0. The number of fused-ring (bicyclic) bond motifs is 3. The average Bonchev–Trinajstić information content (AvgIpc) is 3.20. The van der Waals surface area contributed by atoms with Gasteiger partial charge in [-0.05, 0) is 36.3 Å². The molecule has 2 heteroatoms. The van der Waals surface area contributed by atoms with Crippen molar-refractivity contribution in [1.29, 1.82) is 0 Å². The Kier molecular flexibility index (Phi) is 2.94. The van der Waals surface area contributed by atoms with Crippen LogP contribution in [0.2, 0.25) is 0 Å². The topological polar surface area (TPSA) is 15.8 Å². The monoisotopic (exact) mass is 271 g/mol. The van der Waals surface area contributed by atoms with Crippen molar-refractivity contribution in [3.63, 3.8) is 0 Å². The highest BCUT2D eigenvalue weighted by Crippen LogP contribution is 2.52. The number of hydrogen-bond donors (Lipinski definition) is 0. The second-order valence-electron chi connectivity index (χ2n) is 7.34. The van der Waals surface area contributed by atoms with Crippen LogP contribution in [0.25, 0.3) is 0 Å². The number of benzene rings is 1. The molecule has 3 heterocycles. The second-order valence-corrected chi connectivity index (χ2v) is 7.34. The molecule has 3 atom stereocenters. The Labute approximate surface area is 122 Å². The van der Waals surface area contributed by atoms with Crippen LogP contribution < -0.4 is 0 Å². The van der Waals surface area contributed by atoms with E-state index in [0.717, 1.165) is 18.4 Å². The van der Waals surface area contributed by atoms with Crippen molar-refractivity contribution in [2.45, 2.75) is 44.8 Å². The molecule has 0 aromatic heterocycles. The molecule has 1 aromatic carbocycles. The minimum atomic E-state index is 0.218. The zero-order valence-electron chi connectivity index (χ0n) is 12.6. The Morgan fingerprint density at radius 1 is 1.35 bits per heavy atom. The Balaban J connectivity index is 1.62. The number of hydrogen-bond acceptors (Lipinski definition) is 2. The summed E-state index contributed by atoms with van der Waals surface area (Å²) < 4.78 is 5.99. The standard InChI is InChI=1S/C18H25NO/c1-13(2)9-15-11-19-8-7-14-5-3-4-6-16(14)17(19)10-18(15)12-20-18/h3-6,13,15,17H,7-12H2,1-2H3/t15-,17-,18+/m1/s1. The smallest absolute Gasteiger partial charge is 0.0974 e. The first-order valence-electron chi connectivity index (χ1n) is 8.14. The molecule has 108 valence electrons. The van der Waals surface area contributed by atoms with E-state index in [0.29, 0.717) is 6.04 Å². The first-order valence-corrected chi connectivity index (χ1v) is 8.14. The Morgan fingerprint density at radius 3 is 2.90 bits per heavy atom. The molecule has 0 bridgehead atoms. The first kappa shape index (κ1) is 12.8. The minimum Gasteiger partial charge on any atom is -0.369 e. The van der Waals surface area contributed by atoms with Gasteiger partial charge in [-0.3, -0.25) is 4.90 Å². The van der Waals surface area contributed by atoms with E-state index in [9.17, 15) is 0 Å². The molecule has 0 radical (unpaired) electrons. The van der Waals surface area contributed by atoms with Crippen LogP contribution in [0.4, 0.5) is 0 Å². The molecular weight excluding hydrogens is 246 g/mol. The molecule has 3 aliphatic heterocycles. The third kappa shape index (κ3) is 2.01. The Morgan fingerprint density at radius 2 is 2.15 bits per heavy atom. The lowest BCUT2D eigenvalue weighted by molar-refractivity contribution is 0.0225. The molecule has 1 aromatic rings. The first-order chi connectivity index (χ1) is 9.68. The van der Waals surface area contributed by atoms with Crippen molar-refractivity contribution >= 4 is 0 Å².